The third kappa shape index (κ3) is 3.21. The van der Waals surface area contributed by atoms with Gasteiger partial charge in [-0.2, -0.15) is 0 Å². The van der Waals surface area contributed by atoms with E-state index in [9.17, 15) is 9.59 Å². The van der Waals surface area contributed by atoms with Crippen LogP contribution < -0.4 is 5.56 Å². The van der Waals surface area contributed by atoms with Gasteiger partial charge in [-0.3, -0.25) is 14.5 Å². The molecule has 1 amide bonds. The van der Waals surface area contributed by atoms with Gasteiger partial charge >= 0.3 is 0 Å². The number of carbonyl (C=O) groups is 1. The fourth-order valence-electron chi connectivity index (χ4n) is 1.95. The second kappa shape index (κ2) is 5.83. The monoisotopic (exact) mass is 274 g/mol. The van der Waals surface area contributed by atoms with Crippen molar-refractivity contribution in [2.75, 3.05) is 27.7 Å². The molecule has 0 saturated carbocycles. The molecule has 0 bridgehead atoms. The van der Waals surface area contributed by atoms with Gasteiger partial charge in [-0.25, -0.2) is 4.98 Å². The largest absolute Gasteiger partial charge is 0.348 e. The highest BCUT2D eigenvalue weighted by Crippen LogP contribution is 2.11. The van der Waals surface area contributed by atoms with Gasteiger partial charge in [0.25, 0.3) is 5.56 Å². The standard InChI is InChI=1S/C14H18N4O2/c1-17(2)13(19)8-18(3)7-10-4-5-12-11(6-10)14(20)16-9-15-12/h4-6,9H,7-8H2,1-3H3,(H,15,16,20). The van der Waals surface area contributed by atoms with Crippen molar-refractivity contribution in [2.45, 2.75) is 6.54 Å². The number of aromatic amines is 1. The van der Waals surface area contributed by atoms with E-state index in [1.54, 1.807) is 19.0 Å². The Labute approximate surface area is 117 Å². The van der Waals surface area contributed by atoms with E-state index < -0.39 is 0 Å². The van der Waals surface area contributed by atoms with Gasteiger partial charge < -0.3 is 9.88 Å². The Bertz CT molecular complexity index is 678. The highest BCUT2D eigenvalue weighted by Gasteiger charge is 2.09. The number of amides is 1. The van der Waals surface area contributed by atoms with Crippen LogP contribution in [0.3, 0.4) is 0 Å². The van der Waals surface area contributed by atoms with Gasteiger partial charge in [-0.05, 0) is 24.7 Å². The number of hydrogen-bond donors (Lipinski definition) is 1. The molecule has 0 unspecified atom stereocenters. The maximum absolute atomic E-state index is 11.7. The van der Waals surface area contributed by atoms with Crippen LogP contribution in [0, 0.1) is 0 Å². The molecule has 2 rings (SSSR count). The first-order chi connectivity index (χ1) is 9.47. The SMILES string of the molecule is CN(CC(=O)N(C)C)Cc1ccc2nc[nH]c(=O)c2c1. The van der Waals surface area contributed by atoms with Crippen LogP contribution >= 0.6 is 0 Å². The van der Waals surface area contributed by atoms with Crippen molar-refractivity contribution in [3.63, 3.8) is 0 Å². The Morgan fingerprint density at radius 2 is 2.05 bits per heavy atom. The van der Waals surface area contributed by atoms with Crippen LogP contribution in [-0.4, -0.2) is 53.4 Å². The van der Waals surface area contributed by atoms with E-state index in [1.165, 1.54) is 6.33 Å². The summed E-state index contributed by atoms with van der Waals surface area (Å²) in [6.07, 6.45) is 1.40. The Kier molecular flexibility index (Phi) is 4.14. The van der Waals surface area contributed by atoms with Crippen molar-refractivity contribution in [2.24, 2.45) is 0 Å². The van der Waals surface area contributed by atoms with Crippen molar-refractivity contribution in [1.82, 2.24) is 19.8 Å². The first-order valence-corrected chi connectivity index (χ1v) is 6.32. The van der Waals surface area contributed by atoms with E-state index in [2.05, 4.69) is 9.97 Å². The number of H-pyrrole nitrogens is 1. The molecule has 1 N–H and O–H groups in total. The molecule has 0 fully saturated rings. The number of nitrogens with one attached hydrogen (secondary N) is 1. The fraction of sp³-hybridized carbons (Fsp3) is 0.357. The second-order valence-corrected chi connectivity index (χ2v) is 5.04. The molecule has 1 aromatic carbocycles. The smallest absolute Gasteiger partial charge is 0.258 e. The first kappa shape index (κ1) is 14.2. The number of benzene rings is 1. The molecule has 0 saturated heterocycles. The molecule has 6 heteroatoms. The molecular formula is C14H18N4O2. The van der Waals surface area contributed by atoms with Crippen LogP contribution in [0.5, 0.6) is 0 Å². The topological polar surface area (TPSA) is 69.3 Å². The molecular weight excluding hydrogens is 256 g/mol. The van der Waals surface area contributed by atoms with E-state index in [0.29, 0.717) is 24.0 Å². The minimum Gasteiger partial charge on any atom is -0.348 e. The van der Waals surface area contributed by atoms with E-state index in [1.807, 2.05) is 30.1 Å². The average molecular weight is 274 g/mol. The van der Waals surface area contributed by atoms with Crippen molar-refractivity contribution in [3.05, 3.63) is 40.4 Å². The maximum atomic E-state index is 11.7. The lowest BCUT2D eigenvalue weighted by molar-refractivity contribution is -0.129. The van der Waals surface area contributed by atoms with Gasteiger partial charge in [0.2, 0.25) is 5.91 Å². The molecule has 0 atom stereocenters. The highest BCUT2D eigenvalue weighted by atomic mass is 16.2. The molecule has 0 radical (unpaired) electrons. The first-order valence-electron chi connectivity index (χ1n) is 6.32. The molecule has 6 nitrogen and oxygen atoms in total. The summed E-state index contributed by atoms with van der Waals surface area (Å²) in [5, 5.41) is 0.567. The minimum atomic E-state index is -0.149. The van der Waals surface area contributed by atoms with Crippen molar-refractivity contribution >= 4 is 16.8 Å². The zero-order chi connectivity index (χ0) is 14.7. The number of nitrogens with zero attached hydrogens (tertiary/aromatic N) is 3. The minimum absolute atomic E-state index is 0.0489. The Balaban J connectivity index is 2.16. The number of hydrogen-bond acceptors (Lipinski definition) is 4. The van der Waals surface area contributed by atoms with Gasteiger partial charge in [-0.1, -0.05) is 6.07 Å². The normalized spacial score (nSPS) is 11.0. The van der Waals surface area contributed by atoms with E-state index in [0.717, 1.165) is 5.56 Å². The number of aromatic nitrogens is 2. The predicted molar refractivity (Wildman–Crippen MR) is 77.4 cm³/mol. The molecule has 0 aliphatic rings. The summed E-state index contributed by atoms with van der Waals surface area (Å²) in [5.74, 6) is 0.0489. The lowest BCUT2D eigenvalue weighted by Gasteiger charge is -2.19. The lowest BCUT2D eigenvalue weighted by atomic mass is 10.1. The van der Waals surface area contributed by atoms with Gasteiger partial charge in [0.05, 0.1) is 23.8 Å². The Morgan fingerprint density at radius 1 is 1.30 bits per heavy atom. The fourth-order valence-corrected chi connectivity index (χ4v) is 1.95. The third-order valence-corrected chi connectivity index (χ3v) is 3.06. The Hall–Kier alpha value is -2.21. The van der Waals surface area contributed by atoms with E-state index in [4.69, 9.17) is 0 Å². The van der Waals surface area contributed by atoms with Crippen LogP contribution in [0.25, 0.3) is 10.9 Å². The molecule has 0 aliphatic carbocycles. The third-order valence-electron chi connectivity index (χ3n) is 3.06. The van der Waals surface area contributed by atoms with Crippen LogP contribution in [0.1, 0.15) is 5.56 Å². The molecule has 1 heterocycles. The van der Waals surface area contributed by atoms with Crippen molar-refractivity contribution in [3.8, 4) is 0 Å². The molecule has 20 heavy (non-hydrogen) atoms. The summed E-state index contributed by atoms with van der Waals surface area (Å²) in [5.41, 5.74) is 1.50. The summed E-state index contributed by atoms with van der Waals surface area (Å²) in [6.45, 7) is 0.943. The zero-order valence-electron chi connectivity index (χ0n) is 11.9. The van der Waals surface area contributed by atoms with Crippen LogP contribution in [0.2, 0.25) is 0 Å². The second-order valence-electron chi connectivity index (χ2n) is 5.04. The summed E-state index contributed by atoms with van der Waals surface area (Å²) in [4.78, 5) is 33.5. The van der Waals surface area contributed by atoms with Crippen LogP contribution in [0.15, 0.2) is 29.3 Å². The van der Waals surface area contributed by atoms with Gasteiger partial charge in [0, 0.05) is 20.6 Å². The van der Waals surface area contributed by atoms with E-state index >= 15 is 0 Å². The summed E-state index contributed by atoms with van der Waals surface area (Å²) in [7, 11) is 5.34. The van der Waals surface area contributed by atoms with Crippen LogP contribution in [-0.2, 0) is 11.3 Å². The Morgan fingerprint density at radius 3 is 2.75 bits per heavy atom. The van der Waals surface area contributed by atoms with Gasteiger partial charge in [0.1, 0.15) is 0 Å². The van der Waals surface area contributed by atoms with Crippen molar-refractivity contribution < 1.29 is 4.79 Å². The number of carbonyl (C=O) groups excluding carboxylic acids is 1. The van der Waals surface area contributed by atoms with Gasteiger partial charge in [0.15, 0.2) is 0 Å². The van der Waals surface area contributed by atoms with Crippen molar-refractivity contribution in [1.29, 1.82) is 0 Å². The molecule has 0 aliphatic heterocycles. The number of fused-ring (bicyclic) bond motifs is 1. The molecule has 106 valence electrons. The maximum Gasteiger partial charge on any atom is 0.258 e. The average Bonchev–Trinajstić information content (AvgIpc) is 2.39. The van der Waals surface area contributed by atoms with Crippen LogP contribution in [0.4, 0.5) is 0 Å². The lowest BCUT2D eigenvalue weighted by Crippen LogP contribution is -2.34. The zero-order valence-corrected chi connectivity index (χ0v) is 11.9. The molecule has 2 aromatic rings. The quantitative estimate of drug-likeness (QED) is 0.878. The molecule has 1 aromatic heterocycles. The highest BCUT2D eigenvalue weighted by molar-refractivity contribution is 5.78. The number of rotatable bonds is 4. The number of likely N-dealkylation sites (N-methyl/N-ethyl adjacent to an activating group) is 2. The summed E-state index contributed by atoms with van der Waals surface area (Å²) < 4.78 is 0. The predicted octanol–water partition coefficient (Wildman–Crippen LogP) is 0.443. The summed E-state index contributed by atoms with van der Waals surface area (Å²) in [6, 6.07) is 5.56. The molecule has 0 spiro atoms. The van der Waals surface area contributed by atoms with E-state index in [-0.39, 0.29) is 11.5 Å². The summed E-state index contributed by atoms with van der Waals surface area (Å²) >= 11 is 0. The van der Waals surface area contributed by atoms with Gasteiger partial charge in [-0.15, -0.1) is 0 Å².